The van der Waals surface area contributed by atoms with Crippen LogP contribution in [0.2, 0.25) is 0 Å². The minimum Gasteiger partial charge on any atom is -0.350 e. The van der Waals surface area contributed by atoms with Crippen LogP contribution in [0.25, 0.3) is 0 Å². The lowest BCUT2D eigenvalue weighted by atomic mass is 10.1. The Hall–Kier alpha value is -2.39. The van der Waals surface area contributed by atoms with Gasteiger partial charge in [-0.15, -0.1) is 5.01 Å². The van der Waals surface area contributed by atoms with E-state index in [0.29, 0.717) is 19.0 Å². The van der Waals surface area contributed by atoms with Crippen molar-refractivity contribution >= 4 is 11.6 Å². The first-order valence-electron chi connectivity index (χ1n) is 7.78. The second kappa shape index (κ2) is 6.16. The zero-order valence-electron chi connectivity index (χ0n) is 13.4. The highest BCUT2D eigenvalue weighted by Gasteiger charge is 2.47. The molecule has 25 heavy (non-hydrogen) atoms. The van der Waals surface area contributed by atoms with Crippen molar-refractivity contribution in [2.75, 3.05) is 24.5 Å². The second-order valence-electron chi connectivity index (χ2n) is 6.18. The van der Waals surface area contributed by atoms with Gasteiger partial charge < -0.3 is 10.2 Å². The fourth-order valence-electron chi connectivity index (χ4n) is 3.39. The van der Waals surface area contributed by atoms with Crippen molar-refractivity contribution in [1.82, 2.24) is 10.3 Å². The molecule has 0 saturated carbocycles. The lowest BCUT2D eigenvalue weighted by molar-refractivity contribution is -0.691. The van der Waals surface area contributed by atoms with Crippen molar-refractivity contribution in [3.63, 3.8) is 0 Å². The van der Waals surface area contributed by atoms with Gasteiger partial charge in [0, 0.05) is 19.2 Å². The number of nitroso groups, excluding NO2 is 1. The summed E-state index contributed by atoms with van der Waals surface area (Å²) in [6.07, 6.45) is -4.67. The van der Waals surface area contributed by atoms with Crippen LogP contribution >= 0.6 is 0 Å². The quantitative estimate of drug-likeness (QED) is 0.646. The summed E-state index contributed by atoms with van der Waals surface area (Å²) in [5, 5.41) is 4.20. The highest BCUT2D eigenvalue weighted by molar-refractivity contribution is 5.73. The average molecular weight is 361 g/mol. The summed E-state index contributed by atoms with van der Waals surface area (Å²) in [6.45, 7) is 2.15. The van der Waals surface area contributed by atoms with Crippen molar-refractivity contribution in [3.8, 4) is 0 Å². The van der Waals surface area contributed by atoms with Gasteiger partial charge in [-0.1, -0.05) is 0 Å². The fraction of sp³-hybridized carbons (Fsp3) is 0.533. The van der Waals surface area contributed by atoms with Crippen LogP contribution in [0.5, 0.6) is 0 Å². The van der Waals surface area contributed by atoms with Gasteiger partial charge in [0.15, 0.2) is 6.17 Å². The summed E-state index contributed by atoms with van der Waals surface area (Å²) in [5.74, 6) is -1.64. The summed E-state index contributed by atoms with van der Waals surface area (Å²) in [7, 11) is 0. The normalized spacial score (nSPS) is 23.6. The number of halogens is 4. The number of carbonyl (C=O) groups is 1. The van der Waals surface area contributed by atoms with E-state index in [1.807, 2.05) is 0 Å². The predicted octanol–water partition coefficient (Wildman–Crippen LogP) is 1.89. The van der Waals surface area contributed by atoms with Gasteiger partial charge in [0.1, 0.15) is 17.2 Å². The first-order chi connectivity index (χ1) is 11.7. The van der Waals surface area contributed by atoms with E-state index in [1.165, 1.54) is 18.0 Å². The smallest absolute Gasteiger partial charge is 0.350 e. The molecule has 2 unspecified atom stereocenters. The van der Waals surface area contributed by atoms with Gasteiger partial charge in [-0.3, -0.25) is 4.79 Å². The van der Waals surface area contributed by atoms with Crippen LogP contribution in [0.1, 0.15) is 18.9 Å². The monoisotopic (exact) mass is 361 g/mol. The Morgan fingerprint density at radius 2 is 2.04 bits per heavy atom. The van der Waals surface area contributed by atoms with Crippen molar-refractivity contribution < 1.29 is 27.2 Å². The zero-order chi connectivity index (χ0) is 18.4. The van der Waals surface area contributed by atoms with E-state index in [2.05, 4.69) is 5.32 Å². The van der Waals surface area contributed by atoms with Crippen LogP contribution in [-0.2, 0) is 11.0 Å². The van der Waals surface area contributed by atoms with E-state index in [-0.39, 0.29) is 30.8 Å². The van der Waals surface area contributed by atoms with Crippen LogP contribution in [0.15, 0.2) is 18.2 Å². The van der Waals surface area contributed by atoms with Gasteiger partial charge in [-0.05, 0) is 18.2 Å². The third-order valence-corrected chi connectivity index (χ3v) is 4.39. The maximum atomic E-state index is 13.9. The molecule has 1 aromatic rings. The molecule has 0 spiro atoms. The van der Waals surface area contributed by atoms with Crippen LogP contribution in [-0.4, -0.2) is 47.6 Å². The third-order valence-electron chi connectivity index (χ3n) is 4.39. The Kier molecular flexibility index (Phi) is 4.29. The van der Waals surface area contributed by atoms with E-state index in [1.54, 1.807) is 4.90 Å². The number of anilines is 1. The highest BCUT2D eigenvalue weighted by Crippen LogP contribution is 2.35. The third kappa shape index (κ3) is 3.38. The number of alkyl halides is 3. The van der Waals surface area contributed by atoms with Crippen molar-refractivity contribution in [2.45, 2.75) is 31.7 Å². The van der Waals surface area contributed by atoms with Gasteiger partial charge in [0.25, 0.3) is 0 Å². The first kappa shape index (κ1) is 17.4. The molecule has 2 heterocycles. The number of hydrogen-bond acceptors (Lipinski definition) is 3. The Bertz CT molecular complexity index is 709. The SMILES string of the molecule is CC(=O)NC1CN(c2ccc(C(F)(F)F)c(F)c2)C2CC[N+](=O)N2C1. The van der Waals surface area contributed by atoms with Crippen LogP contribution in [0, 0.1) is 10.7 Å². The Morgan fingerprint density at radius 3 is 2.64 bits per heavy atom. The number of nitrogens with one attached hydrogen (secondary N) is 1. The second-order valence-corrected chi connectivity index (χ2v) is 6.18. The van der Waals surface area contributed by atoms with E-state index in [0.717, 1.165) is 10.9 Å². The predicted molar refractivity (Wildman–Crippen MR) is 80.0 cm³/mol. The maximum Gasteiger partial charge on any atom is 0.419 e. The van der Waals surface area contributed by atoms with Gasteiger partial charge in [0.05, 0.1) is 22.9 Å². The van der Waals surface area contributed by atoms with E-state index in [9.17, 15) is 27.3 Å². The van der Waals surface area contributed by atoms with E-state index >= 15 is 0 Å². The maximum absolute atomic E-state index is 13.9. The Morgan fingerprint density at radius 1 is 1.32 bits per heavy atom. The van der Waals surface area contributed by atoms with Gasteiger partial charge >= 0.3 is 6.18 Å². The van der Waals surface area contributed by atoms with E-state index in [4.69, 9.17) is 0 Å². The molecule has 1 aromatic carbocycles. The number of benzene rings is 1. The summed E-state index contributed by atoms with van der Waals surface area (Å²) in [4.78, 5) is 25.7. The van der Waals surface area contributed by atoms with Crippen molar-refractivity contribution in [1.29, 1.82) is 0 Å². The molecule has 136 valence electrons. The number of nitrogens with zero attached hydrogens (tertiary/aromatic N) is 3. The van der Waals surface area contributed by atoms with Crippen LogP contribution in [0.4, 0.5) is 23.2 Å². The topological polar surface area (TPSA) is 55.7 Å². The Balaban J connectivity index is 1.92. The molecule has 2 saturated heterocycles. The highest BCUT2D eigenvalue weighted by atomic mass is 19.4. The van der Waals surface area contributed by atoms with Crippen molar-refractivity contribution in [3.05, 3.63) is 34.5 Å². The molecule has 1 N–H and O–H groups in total. The molecule has 1 amide bonds. The molecule has 0 radical (unpaired) electrons. The van der Waals surface area contributed by atoms with Gasteiger partial charge in [-0.2, -0.15) is 13.2 Å². The summed E-state index contributed by atoms with van der Waals surface area (Å²) >= 11 is 0. The number of amides is 1. The van der Waals surface area contributed by atoms with Crippen LogP contribution < -0.4 is 10.2 Å². The molecule has 2 atom stereocenters. The molecule has 0 bridgehead atoms. The summed E-state index contributed by atoms with van der Waals surface area (Å²) in [6, 6.07) is 2.31. The van der Waals surface area contributed by atoms with Gasteiger partial charge in [0.2, 0.25) is 12.5 Å². The molecule has 3 rings (SSSR count). The first-order valence-corrected chi connectivity index (χ1v) is 7.78. The largest absolute Gasteiger partial charge is 0.419 e. The molecule has 6 nitrogen and oxygen atoms in total. The minimum atomic E-state index is -4.77. The standard InChI is InChI=1S/C15H16F4N4O2/c1-9(24)20-10-7-21(14-4-5-23(25)22(14)8-10)11-2-3-12(13(16)6-11)15(17,18)19/h2-3,6,10,14H,4-5,7-8H2,1H3/p+1. The number of hydrazine groups is 1. The number of rotatable bonds is 2. The van der Waals surface area contributed by atoms with Gasteiger partial charge in [-0.25, -0.2) is 4.39 Å². The molecule has 2 aliphatic rings. The molecule has 0 aromatic heterocycles. The molecule has 0 aliphatic carbocycles. The van der Waals surface area contributed by atoms with Crippen molar-refractivity contribution in [2.24, 2.45) is 0 Å². The number of fused-ring (bicyclic) bond motifs is 1. The number of hydrogen-bond donors (Lipinski definition) is 1. The molecule has 2 fully saturated rings. The summed E-state index contributed by atoms with van der Waals surface area (Å²) in [5.41, 5.74) is -1.09. The molecule has 2 aliphatic heterocycles. The van der Waals surface area contributed by atoms with E-state index < -0.39 is 23.6 Å². The van der Waals surface area contributed by atoms with Crippen LogP contribution in [0.3, 0.4) is 0 Å². The molecular formula is C15H17F4N4O2+. The average Bonchev–Trinajstić information content (AvgIpc) is 2.86. The summed E-state index contributed by atoms with van der Waals surface area (Å²) < 4.78 is 52.1. The lowest BCUT2D eigenvalue weighted by Crippen LogP contribution is -2.62. The zero-order valence-corrected chi connectivity index (χ0v) is 13.4. The Labute approximate surface area is 140 Å². The number of carbonyl (C=O) groups excluding carboxylic acids is 1. The molecular weight excluding hydrogens is 344 g/mol. The lowest BCUT2D eigenvalue weighted by Gasteiger charge is -2.40. The minimum absolute atomic E-state index is 0.233. The molecule has 10 heteroatoms. The fourth-order valence-corrected chi connectivity index (χ4v) is 3.39.